The summed E-state index contributed by atoms with van der Waals surface area (Å²) in [6.45, 7) is 0.827. The Morgan fingerprint density at radius 1 is 1.24 bits per heavy atom. The SMILES string of the molecule is O=C1CN(CCc2ccc(Br)s2)C(=O)C2(CCCCC2)N1. The van der Waals surface area contributed by atoms with E-state index in [0.29, 0.717) is 6.54 Å². The van der Waals surface area contributed by atoms with Crippen molar-refractivity contribution in [1.82, 2.24) is 10.2 Å². The fourth-order valence-corrected chi connectivity index (χ4v) is 4.79. The first kappa shape index (κ1) is 15.0. The quantitative estimate of drug-likeness (QED) is 0.888. The van der Waals surface area contributed by atoms with E-state index in [1.165, 1.54) is 4.88 Å². The van der Waals surface area contributed by atoms with Crippen LogP contribution < -0.4 is 5.32 Å². The summed E-state index contributed by atoms with van der Waals surface area (Å²) in [6, 6.07) is 4.09. The summed E-state index contributed by atoms with van der Waals surface area (Å²) in [5.41, 5.74) is -0.608. The van der Waals surface area contributed by atoms with Crippen molar-refractivity contribution in [1.29, 1.82) is 0 Å². The van der Waals surface area contributed by atoms with Crippen molar-refractivity contribution in [2.75, 3.05) is 13.1 Å². The van der Waals surface area contributed by atoms with Crippen LogP contribution in [0.5, 0.6) is 0 Å². The van der Waals surface area contributed by atoms with Gasteiger partial charge in [-0.1, -0.05) is 19.3 Å². The number of piperazine rings is 1. The molecule has 3 rings (SSSR count). The highest BCUT2D eigenvalue weighted by atomic mass is 79.9. The third kappa shape index (κ3) is 3.16. The summed E-state index contributed by atoms with van der Waals surface area (Å²) in [7, 11) is 0. The number of carbonyl (C=O) groups is 2. The highest BCUT2D eigenvalue weighted by Crippen LogP contribution is 2.32. The fraction of sp³-hybridized carbons (Fsp3) is 0.600. The maximum absolute atomic E-state index is 12.8. The standard InChI is InChI=1S/C15H19BrN2O2S/c16-12-5-4-11(21-12)6-9-18-10-13(19)17-15(14(18)20)7-2-1-3-8-15/h4-5H,1-3,6-10H2,(H,17,19). The van der Waals surface area contributed by atoms with E-state index in [-0.39, 0.29) is 18.4 Å². The summed E-state index contributed by atoms with van der Waals surface area (Å²) < 4.78 is 1.10. The lowest BCUT2D eigenvalue weighted by atomic mass is 9.79. The maximum atomic E-state index is 12.8. The molecule has 0 bridgehead atoms. The zero-order chi connectivity index (χ0) is 14.9. The van der Waals surface area contributed by atoms with Gasteiger partial charge in [-0.2, -0.15) is 0 Å². The number of nitrogens with zero attached hydrogens (tertiary/aromatic N) is 1. The average molecular weight is 371 g/mol. The first-order chi connectivity index (χ1) is 10.1. The molecule has 1 aliphatic carbocycles. The molecule has 0 unspecified atom stereocenters. The van der Waals surface area contributed by atoms with E-state index in [9.17, 15) is 9.59 Å². The van der Waals surface area contributed by atoms with Crippen LogP contribution in [0.2, 0.25) is 0 Å². The van der Waals surface area contributed by atoms with E-state index < -0.39 is 5.54 Å². The molecular formula is C15H19BrN2O2S. The topological polar surface area (TPSA) is 49.4 Å². The van der Waals surface area contributed by atoms with Crippen molar-refractivity contribution < 1.29 is 9.59 Å². The summed E-state index contributed by atoms with van der Waals surface area (Å²) in [5, 5.41) is 2.98. The largest absolute Gasteiger partial charge is 0.340 e. The van der Waals surface area contributed by atoms with Crippen molar-refractivity contribution in [3.63, 3.8) is 0 Å². The molecule has 1 N–H and O–H groups in total. The van der Waals surface area contributed by atoms with Crippen molar-refractivity contribution in [2.45, 2.75) is 44.1 Å². The second-order valence-corrected chi connectivity index (χ2v) is 8.42. The van der Waals surface area contributed by atoms with Gasteiger partial charge >= 0.3 is 0 Å². The van der Waals surface area contributed by atoms with Gasteiger partial charge < -0.3 is 10.2 Å². The predicted octanol–water partition coefficient (Wildman–Crippen LogP) is 2.71. The van der Waals surface area contributed by atoms with Crippen LogP contribution in [0, 0.1) is 0 Å². The minimum atomic E-state index is -0.608. The number of carbonyl (C=O) groups excluding carboxylic acids is 2. The van der Waals surface area contributed by atoms with Crippen molar-refractivity contribution in [3.8, 4) is 0 Å². The van der Waals surface area contributed by atoms with E-state index in [1.807, 2.05) is 6.07 Å². The van der Waals surface area contributed by atoms with E-state index in [1.54, 1.807) is 16.2 Å². The molecule has 21 heavy (non-hydrogen) atoms. The van der Waals surface area contributed by atoms with Crippen LogP contribution in [0.4, 0.5) is 0 Å². The highest BCUT2D eigenvalue weighted by molar-refractivity contribution is 9.11. The number of nitrogens with one attached hydrogen (secondary N) is 1. The van der Waals surface area contributed by atoms with E-state index in [0.717, 1.165) is 42.3 Å². The molecule has 4 nitrogen and oxygen atoms in total. The van der Waals surface area contributed by atoms with E-state index in [2.05, 4.69) is 27.3 Å². The van der Waals surface area contributed by atoms with Crippen molar-refractivity contribution in [3.05, 3.63) is 20.8 Å². The Kier molecular flexibility index (Phi) is 4.36. The minimum absolute atomic E-state index is 0.0103. The molecule has 6 heteroatoms. The molecule has 0 radical (unpaired) electrons. The molecule has 1 aliphatic heterocycles. The molecule has 2 aliphatic rings. The average Bonchev–Trinajstić information content (AvgIpc) is 2.88. The summed E-state index contributed by atoms with van der Waals surface area (Å²) in [5.74, 6) is 0.112. The molecule has 2 fully saturated rings. The Hall–Kier alpha value is -0.880. The Labute approximate surface area is 137 Å². The Bertz CT molecular complexity index is 552. The molecule has 0 atom stereocenters. The van der Waals surface area contributed by atoms with Gasteiger partial charge in [0.1, 0.15) is 5.54 Å². The number of hydrogen-bond donors (Lipinski definition) is 1. The maximum Gasteiger partial charge on any atom is 0.248 e. The van der Waals surface area contributed by atoms with Crippen molar-refractivity contribution >= 4 is 39.1 Å². The Morgan fingerprint density at radius 3 is 2.67 bits per heavy atom. The Balaban J connectivity index is 1.69. The first-order valence-electron chi connectivity index (χ1n) is 7.44. The third-order valence-corrected chi connectivity index (χ3v) is 6.06. The van der Waals surface area contributed by atoms with Crippen LogP contribution in [-0.4, -0.2) is 35.3 Å². The minimum Gasteiger partial charge on any atom is -0.340 e. The smallest absolute Gasteiger partial charge is 0.248 e. The normalized spacial score (nSPS) is 21.7. The number of amides is 2. The number of rotatable bonds is 3. The lowest BCUT2D eigenvalue weighted by molar-refractivity contribution is -0.151. The van der Waals surface area contributed by atoms with Crippen LogP contribution >= 0.6 is 27.3 Å². The van der Waals surface area contributed by atoms with Gasteiger partial charge in [-0.3, -0.25) is 9.59 Å². The molecule has 2 amide bonds. The predicted molar refractivity (Wildman–Crippen MR) is 86.3 cm³/mol. The third-order valence-electron chi connectivity index (χ3n) is 4.37. The molecule has 1 spiro atoms. The summed E-state index contributed by atoms with van der Waals surface area (Å²) in [6.07, 6.45) is 5.60. The molecule has 1 aromatic heterocycles. The number of halogens is 1. The lowest BCUT2D eigenvalue weighted by Crippen LogP contribution is -2.67. The second-order valence-electron chi connectivity index (χ2n) is 5.87. The summed E-state index contributed by atoms with van der Waals surface area (Å²) >= 11 is 5.13. The van der Waals surface area contributed by atoms with Gasteiger partial charge in [-0.25, -0.2) is 0 Å². The molecule has 114 valence electrons. The van der Waals surface area contributed by atoms with Gasteiger partial charge in [0.15, 0.2) is 0 Å². The van der Waals surface area contributed by atoms with Crippen LogP contribution in [0.1, 0.15) is 37.0 Å². The van der Waals surface area contributed by atoms with Crippen LogP contribution in [0.25, 0.3) is 0 Å². The summed E-state index contributed by atoms with van der Waals surface area (Å²) in [4.78, 5) is 27.8. The zero-order valence-electron chi connectivity index (χ0n) is 11.9. The second kappa shape index (κ2) is 6.08. The van der Waals surface area contributed by atoms with E-state index >= 15 is 0 Å². The first-order valence-corrected chi connectivity index (χ1v) is 9.05. The van der Waals surface area contributed by atoms with Crippen LogP contribution in [0.15, 0.2) is 15.9 Å². The molecule has 2 heterocycles. The van der Waals surface area contributed by atoms with Crippen LogP contribution in [0.3, 0.4) is 0 Å². The molecule has 1 aromatic rings. The van der Waals surface area contributed by atoms with Crippen LogP contribution in [-0.2, 0) is 16.0 Å². The zero-order valence-corrected chi connectivity index (χ0v) is 14.3. The molecule has 1 saturated carbocycles. The number of thiophene rings is 1. The molecule has 1 saturated heterocycles. The molecule has 0 aromatic carbocycles. The van der Waals surface area contributed by atoms with Gasteiger partial charge in [-0.15, -0.1) is 11.3 Å². The van der Waals surface area contributed by atoms with E-state index in [4.69, 9.17) is 0 Å². The van der Waals surface area contributed by atoms with Gasteiger partial charge in [0, 0.05) is 11.4 Å². The molecular weight excluding hydrogens is 352 g/mol. The highest BCUT2D eigenvalue weighted by Gasteiger charge is 2.46. The van der Waals surface area contributed by atoms with Gasteiger partial charge in [0.05, 0.1) is 10.3 Å². The van der Waals surface area contributed by atoms with Gasteiger partial charge in [0.2, 0.25) is 11.8 Å². The Morgan fingerprint density at radius 2 is 2.00 bits per heavy atom. The number of hydrogen-bond acceptors (Lipinski definition) is 3. The van der Waals surface area contributed by atoms with Crippen molar-refractivity contribution in [2.24, 2.45) is 0 Å². The van der Waals surface area contributed by atoms with Gasteiger partial charge in [-0.05, 0) is 47.3 Å². The lowest BCUT2D eigenvalue weighted by Gasteiger charge is -2.44. The monoisotopic (exact) mass is 370 g/mol. The fourth-order valence-electron chi connectivity index (χ4n) is 3.31. The van der Waals surface area contributed by atoms with Gasteiger partial charge in [0.25, 0.3) is 0 Å².